The van der Waals surface area contributed by atoms with Crippen LogP contribution in [0.1, 0.15) is 34.6 Å². The Balaban J connectivity index is 3.64. The smallest absolute Gasteiger partial charge is 0.0736 e. The normalized spacial score (nSPS) is 10.8. The molecular formula is C7H15N2. The minimum atomic E-state index is -0.0305. The van der Waals surface area contributed by atoms with Gasteiger partial charge in [-0.1, -0.05) is 0 Å². The Kier molecular flexibility index (Phi) is 2.68. The topological polar surface area (TPSA) is 26.5 Å². The summed E-state index contributed by atoms with van der Waals surface area (Å²) in [5.74, 6) is 0. The summed E-state index contributed by atoms with van der Waals surface area (Å²) in [4.78, 5) is 0. The van der Waals surface area contributed by atoms with E-state index in [1.807, 2.05) is 34.6 Å². The molecule has 1 radical (unpaired) electrons. The van der Waals surface area contributed by atoms with Crippen LogP contribution in [0.5, 0.6) is 0 Å². The lowest BCUT2D eigenvalue weighted by Gasteiger charge is -2.13. The van der Waals surface area contributed by atoms with Gasteiger partial charge in [0.25, 0.3) is 0 Å². The minimum absolute atomic E-state index is 0.0305. The highest BCUT2D eigenvalue weighted by atomic mass is 15.3. The number of rotatable bonds is 1. The predicted molar refractivity (Wildman–Crippen MR) is 40.7 cm³/mol. The van der Waals surface area contributed by atoms with Gasteiger partial charge in [0.2, 0.25) is 0 Å². The molecule has 2 heteroatoms. The van der Waals surface area contributed by atoms with E-state index in [-0.39, 0.29) is 5.54 Å². The fourth-order valence-electron chi connectivity index (χ4n) is 0.250. The van der Waals surface area contributed by atoms with Crippen LogP contribution >= 0.6 is 0 Å². The van der Waals surface area contributed by atoms with Gasteiger partial charge in [-0.05, 0) is 34.6 Å². The molecule has 53 valence electrons. The van der Waals surface area contributed by atoms with Crippen LogP contribution in [-0.4, -0.2) is 11.3 Å². The number of hydrogen-bond donors (Lipinski definition) is 0. The number of hydrogen-bond acceptors (Lipinski definition) is 1. The lowest BCUT2D eigenvalue weighted by atomic mass is 10.1. The first-order valence-corrected chi connectivity index (χ1v) is 3.15. The molecule has 0 aliphatic carbocycles. The van der Waals surface area contributed by atoms with Crippen molar-refractivity contribution in [3.8, 4) is 0 Å². The monoisotopic (exact) mass is 127 g/mol. The van der Waals surface area contributed by atoms with Gasteiger partial charge in [-0.2, -0.15) is 10.5 Å². The minimum Gasteiger partial charge on any atom is -0.184 e. The van der Waals surface area contributed by atoms with Crippen LogP contribution < -0.4 is 5.43 Å². The van der Waals surface area contributed by atoms with Gasteiger partial charge in [0.1, 0.15) is 0 Å². The molecule has 0 aliphatic rings. The van der Waals surface area contributed by atoms with E-state index >= 15 is 0 Å². The Morgan fingerprint density at radius 1 is 1.11 bits per heavy atom. The fourth-order valence-corrected chi connectivity index (χ4v) is 0.250. The Morgan fingerprint density at radius 3 is 1.67 bits per heavy atom. The van der Waals surface area contributed by atoms with E-state index in [1.165, 1.54) is 0 Å². The molecular weight excluding hydrogens is 112 g/mol. The largest absolute Gasteiger partial charge is 0.184 e. The summed E-state index contributed by atoms with van der Waals surface area (Å²) < 4.78 is 0. The first-order chi connectivity index (χ1) is 3.92. The van der Waals surface area contributed by atoms with Gasteiger partial charge in [0, 0.05) is 5.71 Å². The SMILES string of the molecule is CC(C)=N[N]C(C)(C)C. The van der Waals surface area contributed by atoms with Gasteiger partial charge in [-0.15, -0.1) is 0 Å². The van der Waals surface area contributed by atoms with Crippen molar-refractivity contribution in [2.24, 2.45) is 5.10 Å². The first kappa shape index (κ1) is 8.47. The fraction of sp³-hybridized carbons (Fsp3) is 0.857. The van der Waals surface area contributed by atoms with E-state index in [2.05, 4.69) is 10.5 Å². The predicted octanol–water partition coefficient (Wildman–Crippen LogP) is 1.79. The Bertz CT molecular complexity index is 105. The maximum absolute atomic E-state index is 4.04. The molecule has 0 saturated carbocycles. The van der Waals surface area contributed by atoms with E-state index < -0.39 is 0 Å². The van der Waals surface area contributed by atoms with E-state index in [0.717, 1.165) is 5.71 Å². The zero-order valence-corrected chi connectivity index (χ0v) is 6.89. The molecule has 0 N–H and O–H groups in total. The summed E-state index contributed by atoms with van der Waals surface area (Å²) in [7, 11) is 0. The van der Waals surface area contributed by atoms with Gasteiger partial charge in [0.15, 0.2) is 0 Å². The highest BCUT2D eigenvalue weighted by molar-refractivity contribution is 5.78. The molecule has 0 aromatic heterocycles. The van der Waals surface area contributed by atoms with Gasteiger partial charge >= 0.3 is 0 Å². The Labute approximate surface area is 57.3 Å². The molecule has 0 aromatic rings. The molecule has 0 bridgehead atoms. The second-order valence-corrected chi connectivity index (χ2v) is 3.32. The third-order valence-electron chi connectivity index (χ3n) is 0.550. The average molecular weight is 127 g/mol. The van der Waals surface area contributed by atoms with Crippen molar-refractivity contribution in [2.45, 2.75) is 40.2 Å². The van der Waals surface area contributed by atoms with E-state index in [9.17, 15) is 0 Å². The van der Waals surface area contributed by atoms with Crippen molar-refractivity contribution < 1.29 is 0 Å². The maximum Gasteiger partial charge on any atom is 0.0736 e. The summed E-state index contributed by atoms with van der Waals surface area (Å²) in [6.45, 7) is 9.96. The van der Waals surface area contributed by atoms with Crippen LogP contribution in [0, 0.1) is 0 Å². The Hall–Kier alpha value is -0.530. The van der Waals surface area contributed by atoms with Gasteiger partial charge in [-0.3, -0.25) is 0 Å². The molecule has 0 unspecified atom stereocenters. The quantitative estimate of drug-likeness (QED) is 0.379. The van der Waals surface area contributed by atoms with Crippen LogP contribution in [0.2, 0.25) is 0 Å². The summed E-state index contributed by atoms with van der Waals surface area (Å²) >= 11 is 0. The van der Waals surface area contributed by atoms with Crippen molar-refractivity contribution in [1.29, 1.82) is 0 Å². The number of nitrogens with zero attached hydrogens (tertiary/aromatic N) is 2. The zero-order chi connectivity index (χ0) is 7.49. The molecule has 9 heavy (non-hydrogen) atoms. The van der Waals surface area contributed by atoms with Gasteiger partial charge in [-0.25, -0.2) is 0 Å². The van der Waals surface area contributed by atoms with Crippen molar-refractivity contribution in [2.75, 3.05) is 0 Å². The molecule has 0 saturated heterocycles. The second-order valence-electron chi connectivity index (χ2n) is 3.32. The third-order valence-corrected chi connectivity index (χ3v) is 0.550. The van der Waals surface area contributed by atoms with E-state index in [4.69, 9.17) is 0 Å². The molecule has 2 nitrogen and oxygen atoms in total. The van der Waals surface area contributed by atoms with Crippen LogP contribution in [0.15, 0.2) is 5.10 Å². The molecule has 0 spiro atoms. The molecule has 0 aliphatic heterocycles. The van der Waals surface area contributed by atoms with Gasteiger partial charge < -0.3 is 0 Å². The van der Waals surface area contributed by atoms with Crippen molar-refractivity contribution in [3.63, 3.8) is 0 Å². The van der Waals surface area contributed by atoms with Crippen molar-refractivity contribution in [3.05, 3.63) is 0 Å². The summed E-state index contributed by atoms with van der Waals surface area (Å²) in [5, 5.41) is 3.94. The molecule has 0 heterocycles. The average Bonchev–Trinajstić information content (AvgIpc) is 1.59. The van der Waals surface area contributed by atoms with Crippen LogP contribution in [0.4, 0.5) is 0 Å². The summed E-state index contributed by atoms with van der Waals surface area (Å²) in [6.07, 6.45) is 0. The zero-order valence-electron chi connectivity index (χ0n) is 6.89. The summed E-state index contributed by atoms with van der Waals surface area (Å²) in [6, 6.07) is 0. The lowest BCUT2D eigenvalue weighted by molar-refractivity contribution is 0.430. The highest BCUT2D eigenvalue weighted by Gasteiger charge is 2.08. The molecule has 0 aromatic carbocycles. The highest BCUT2D eigenvalue weighted by Crippen LogP contribution is 1.99. The van der Waals surface area contributed by atoms with E-state index in [1.54, 1.807) is 0 Å². The Morgan fingerprint density at radius 2 is 1.56 bits per heavy atom. The standard InChI is InChI=1S/C7H15N2/c1-6(2)8-9-7(3,4)5/h1-5H3. The van der Waals surface area contributed by atoms with Gasteiger partial charge in [0.05, 0.1) is 5.54 Å². The van der Waals surface area contributed by atoms with Crippen LogP contribution in [-0.2, 0) is 0 Å². The van der Waals surface area contributed by atoms with E-state index in [0.29, 0.717) is 0 Å². The summed E-state index contributed by atoms with van der Waals surface area (Å²) in [5.41, 5.74) is 5.02. The molecule has 0 rings (SSSR count). The van der Waals surface area contributed by atoms with Crippen LogP contribution in [0.25, 0.3) is 0 Å². The van der Waals surface area contributed by atoms with Crippen molar-refractivity contribution >= 4 is 5.71 Å². The molecule has 0 atom stereocenters. The first-order valence-electron chi connectivity index (χ1n) is 3.15. The molecule has 0 fully saturated rings. The lowest BCUT2D eigenvalue weighted by Crippen LogP contribution is -2.25. The molecule has 0 amide bonds. The second kappa shape index (κ2) is 2.85. The van der Waals surface area contributed by atoms with Crippen LogP contribution in [0.3, 0.4) is 0 Å². The maximum atomic E-state index is 4.04. The van der Waals surface area contributed by atoms with Crippen molar-refractivity contribution in [1.82, 2.24) is 5.43 Å². The third kappa shape index (κ3) is 7.47.